The van der Waals surface area contributed by atoms with Gasteiger partial charge in [-0.3, -0.25) is 9.79 Å². The number of rotatable bonds is 1. The van der Waals surface area contributed by atoms with Crippen LogP contribution >= 0.6 is 35.0 Å². The van der Waals surface area contributed by atoms with Gasteiger partial charge in [0.2, 0.25) is 0 Å². The third kappa shape index (κ3) is 2.73. The molecule has 0 bridgehead atoms. The fourth-order valence-electron chi connectivity index (χ4n) is 3.75. The van der Waals surface area contributed by atoms with Crippen LogP contribution in [0.2, 0.25) is 10.0 Å². The molecule has 5 rings (SSSR count). The van der Waals surface area contributed by atoms with Crippen LogP contribution in [0, 0.1) is 5.92 Å². The lowest BCUT2D eigenvalue weighted by Gasteiger charge is -2.22. The zero-order valence-electron chi connectivity index (χ0n) is 14.0. The number of carbonyl (C=O) groups excluding carboxylic acids is 1. The Morgan fingerprint density at radius 1 is 0.889 bits per heavy atom. The maximum atomic E-state index is 13.3. The summed E-state index contributed by atoms with van der Waals surface area (Å²) < 4.78 is 0. The Kier molecular flexibility index (Phi) is 4.12. The number of hydrogen-bond donors (Lipinski definition) is 0. The minimum Gasteiger partial charge on any atom is -0.293 e. The number of aliphatic imine (C=N–C) groups is 1. The highest BCUT2D eigenvalue weighted by Gasteiger charge is 2.44. The molecule has 2 aliphatic rings. The largest absolute Gasteiger partial charge is 0.293 e. The van der Waals surface area contributed by atoms with Crippen molar-refractivity contribution >= 4 is 52.1 Å². The van der Waals surface area contributed by atoms with Gasteiger partial charge in [-0.25, -0.2) is 0 Å². The molecule has 0 radical (unpaired) electrons. The summed E-state index contributed by atoms with van der Waals surface area (Å²) in [4.78, 5) is 19.3. The Balaban J connectivity index is 1.78. The maximum absolute atomic E-state index is 13.3. The molecule has 3 aromatic carbocycles. The van der Waals surface area contributed by atoms with E-state index in [4.69, 9.17) is 28.2 Å². The number of Topliss-reactive ketones (excluding diaryl/α,β-unsaturated/α-hetero) is 1. The van der Waals surface area contributed by atoms with Crippen LogP contribution in [0.4, 0.5) is 5.69 Å². The van der Waals surface area contributed by atoms with Gasteiger partial charge in [0.05, 0.1) is 22.6 Å². The normalized spacial score (nSPS) is 20.4. The summed E-state index contributed by atoms with van der Waals surface area (Å²) in [7, 11) is 0. The van der Waals surface area contributed by atoms with Crippen molar-refractivity contribution in [3.05, 3.63) is 93.5 Å². The van der Waals surface area contributed by atoms with E-state index in [0.29, 0.717) is 10.0 Å². The summed E-state index contributed by atoms with van der Waals surface area (Å²) in [6.07, 6.45) is 0. The number of benzene rings is 3. The molecule has 5 heteroatoms. The molecule has 0 amide bonds. The molecule has 1 aliphatic heterocycles. The van der Waals surface area contributed by atoms with Gasteiger partial charge >= 0.3 is 0 Å². The highest BCUT2D eigenvalue weighted by atomic mass is 35.5. The maximum Gasteiger partial charge on any atom is 0.174 e. The first-order valence-electron chi connectivity index (χ1n) is 8.56. The summed E-state index contributed by atoms with van der Waals surface area (Å²) in [6, 6.07) is 21.1. The van der Waals surface area contributed by atoms with E-state index >= 15 is 0 Å². The van der Waals surface area contributed by atoms with Gasteiger partial charge in [0, 0.05) is 26.1 Å². The first-order valence-corrected chi connectivity index (χ1v) is 10.2. The SMILES string of the molecule is O=C1c2ccccc2C2=Nc3ccccc3S[C@H](c3cc(Cl)ccc3Cl)C12. The Bertz CT molecular complexity index is 1120. The lowest BCUT2D eigenvalue weighted by Crippen LogP contribution is -2.22. The van der Waals surface area contributed by atoms with Crippen molar-refractivity contribution in [2.75, 3.05) is 0 Å². The van der Waals surface area contributed by atoms with Gasteiger partial charge in [-0.2, -0.15) is 0 Å². The summed E-state index contributed by atoms with van der Waals surface area (Å²) in [5.74, 6) is -0.304. The molecule has 132 valence electrons. The molecule has 0 N–H and O–H groups in total. The number of ketones is 1. The van der Waals surface area contributed by atoms with Crippen LogP contribution in [-0.4, -0.2) is 11.5 Å². The lowest BCUT2D eigenvalue weighted by molar-refractivity contribution is 0.0960. The third-order valence-electron chi connectivity index (χ3n) is 4.97. The summed E-state index contributed by atoms with van der Waals surface area (Å²) in [5.41, 5.74) is 4.20. The molecule has 0 saturated heterocycles. The van der Waals surface area contributed by atoms with E-state index in [2.05, 4.69) is 0 Å². The second kappa shape index (κ2) is 6.52. The standard InChI is InChI=1S/C22H13Cl2NOS/c23-12-9-10-16(24)15(11-12)22-19-20(13-5-1-2-6-14(13)21(19)26)25-17-7-3-4-8-18(17)27-22/h1-11,19,22H/t19?,22-/m1/s1. The van der Waals surface area contributed by atoms with Crippen LogP contribution in [0.1, 0.15) is 26.7 Å². The molecule has 1 unspecified atom stereocenters. The van der Waals surface area contributed by atoms with Crippen LogP contribution in [0.5, 0.6) is 0 Å². The van der Waals surface area contributed by atoms with Crippen molar-refractivity contribution in [1.29, 1.82) is 0 Å². The minimum absolute atomic E-state index is 0.0886. The molecule has 1 aliphatic carbocycles. The Morgan fingerprint density at radius 3 is 2.48 bits per heavy atom. The molecular formula is C22H13Cl2NOS. The van der Waals surface area contributed by atoms with Crippen LogP contribution < -0.4 is 0 Å². The number of fused-ring (bicyclic) bond motifs is 4. The van der Waals surface area contributed by atoms with Crippen LogP contribution in [-0.2, 0) is 0 Å². The predicted molar refractivity (Wildman–Crippen MR) is 112 cm³/mol. The molecule has 0 spiro atoms. The first kappa shape index (κ1) is 17.1. The van der Waals surface area contributed by atoms with Crippen LogP contribution in [0.15, 0.2) is 76.6 Å². The quantitative estimate of drug-likeness (QED) is 0.443. The monoisotopic (exact) mass is 409 g/mol. The van der Waals surface area contributed by atoms with Gasteiger partial charge in [-0.05, 0) is 35.9 Å². The van der Waals surface area contributed by atoms with Gasteiger partial charge in [0.15, 0.2) is 5.78 Å². The Hall–Kier alpha value is -2.07. The van der Waals surface area contributed by atoms with Crippen molar-refractivity contribution in [3.8, 4) is 0 Å². The van der Waals surface area contributed by atoms with E-state index in [1.54, 1.807) is 23.9 Å². The zero-order valence-corrected chi connectivity index (χ0v) is 16.4. The highest BCUT2D eigenvalue weighted by molar-refractivity contribution is 7.99. The highest BCUT2D eigenvalue weighted by Crippen LogP contribution is 2.52. The lowest BCUT2D eigenvalue weighted by atomic mass is 9.93. The fraction of sp³-hybridized carbons (Fsp3) is 0.0909. The number of nitrogens with zero attached hydrogens (tertiary/aromatic N) is 1. The molecule has 0 fully saturated rings. The van der Waals surface area contributed by atoms with Crippen molar-refractivity contribution < 1.29 is 4.79 Å². The van der Waals surface area contributed by atoms with Crippen LogP contribution in [0.3, 0.4) is 0 Å². The molecule has 3 aromatic rings. The van der Waals surface area contributed by atoms with E-state index in [-0.39, 0.29) is 11.0 Å². The van der Waals surface area contributed by atoms with Gasteiger partial charge in [-0.15, -0.1) is 11.8 Å². The molecule has 2 atom stereocenters. The second-order valence-corrected chi connectivity index (χ2v) is 8.58. The van der Waals surface area contributed by atoms with Crippen molar-refractivity contribution in [2.45, 2.75) is 10.1 Å². The van der Waals surface area contributed by atoms with Crippen molar-refractivity contribution in [3.63, 3.8) is 0 Å². The average molecular weight is 410 g/mol. The van der Waals surface area contributed by atoms with E-state index in [1.165, 1.54) is 0 Å². The van der Waals surface area contributed by atoms with Gasteiger partial charge in [0.25, 0.3) is 0 Å². The van der Waals surface area contributed by atoms with E-state index in [9.17, 15) is 4.79 Å². The zero-order chi connectivity index (χ0) is 18.5. The molecule has 0 saturated carbocycles. The van der Waals surface area contributed by atoms with Crippen molar-refractivity contribution in [1.82, 2.24) is 0 Å². The number of para-hydroxylation sites is 1. The van der Waals surface area contributed by atoms with E-state index in [1.807, 2.05) is 54.6 Å². The Labute approximate surface area is 171 Å². The van der Waals surface area contributed by atoms with Crippen molar-refractivity contribution in [2.24, 2.45) is 10.9 Å². The smallest absolute Gasteiger partial charge is 0.174 e. The Morgan fingerprint density at radius 2 is 1.63 bits per heavy atom. The van der Waals surface area contributed by atoms with Gasteiger partial charge in [-0.1, -0.05) is 59.6 Å². The molecular weight excluding hydrogens is 397 g/mol. The fourth-order valence-corrected chi connectivity index (χ4v) is 5.61. The van der Waals surface area contributed by atoms with Crippen LogP contribution in [0.25, 0.3) is 0 Å². The predicted octanol–water partition coefficient (Wildman–Crippen LogP) is 6.77. The average Bonchev–Trinajstić information content (AvgIpc) is 2.85. The van der Waals surface area contributed by atoms with Gasteiger partial charge < -0.3 is 0 Å². The number of thioether (sulfide) groups is 1. The van der Waals surface area contributed by atoms with E-state index in [0.717, 1.165) is 33.0 Å². The number of hydrogen-bond acceptors (Lipinski definition) is 3. The third-order valence-corrected chi connectivity index (χ3v) is 6.93. The van der Waals surface area contributed by atoms with E-state index < -0.39 is 5.92 Å². The minimum atomic E-state index is -0.393. The first-order chi connectivity index (χ1) is 13.1. The topological polar surface area (TPSA) is 29.4 Å². The number of halogens is 2. The summed E-state index contributed by atoms with van der Waals surface area (Å²) >= 11 is 14.4. The molecule has 1 heterocycles. The second-order valence-electron chi connectivity index (χ2n) is 6.56. The summed E-state index contributed by atoms with van der Waals surface area (Å²) in [5, 5.41) is 1.02. The molecule has 0 aromatic heterocycles. The molecule has 27 heavy (non-hydrogen) atoms. The molecule has 2 nitrogen and oxygen atoms in total. The van der Waals surface area contributed by atoms with Gasteiger partial charge in [0.1, 0.15) is 0 Å². The summed E-state index contributed by atoms with van der Waals surface area (Å²) in [6.45, 7) is 0. The number of carbonyl (C=O) groups is 1.